The SMILES string of the molecule is Cc1ccc(C)c(-c2ccc3c(c2)c(=O)n2c(=O)c4cc(-c5cc(C)ccc5C)ccc4n32)c1. The van der Waals surface area contributed by atoms with E-state index in [1.807, 2.05) is 36.4 Å². The molecule has 0 atom stereocenters. The standard InChI is InChI=1S/C30H24N2O2/c1-17-5-7-19(3)23(13-17)21-9-11-27-25(15-21)29(33)32-30(34)26-16-22(10-12-28(26)31(27)32)24-14-18(2)6-8-20(24)4/h5-16H,1-4H3. The summed E-state index contributed by atoms with van der Waals surface area (Å²) in [5, 5.41) is 1.10. The minimum absolute atomic E-state index is 0.281. The lowest BCUT2D eigenvalue weighted by molar-refractivity contribution is 0.841. The Bertz CT molecular complexity index is 1750. The predicted molar refractivity (Wildman–Crippen MR) is 139 cm³/mol. The first kappa shape index (κ1) is 20.4. The quantitative estimate of drug-likeness (QED) is 0.325. The van der Waals surface area contributed by atoms with Gasteiger partial charge >= 0.3 is 0 Å². The number of fused-ring (bicyclic) bond motifs is 5. The summed E-state index contributed by atoms with van der Waals surface area (Å²) in [5.41, 5.74) is 9.72. The average molecular weight is 445 g/mol. The van der Waals surface area contributed by atoms with Crippen molar-refractivity contribution in [3.05, 3.63) is 116 Å². The van der Waals surface area contributed by atoms with Gasteiger partial charge in [0.1, 0.15) is 0 Å². The number of hydrogen-bond donors (Lipinski definition) is 0. The Morgan fingerprint density at radius 1 is 0.500 bits per heavy atom. The van der Waals surface area contributed by atoms with Gasteiger partial charge in [0, 0.05) is 0 Å². The van der Waals surface area contributed by atoms with E-state index in [9.17, 15) is 9.59 Å². The van der Waals surface area contributed by atoms with Gasteiger partial charge in [-0.3, -0.25) is 9.59 Å². The van der Waals surface area contributed by atoms with Crippen LogP contribution in [-0.2, 0) is 0 Å². The summed E-state index contributed by atoms with van der Waals surface area (Å²) in [6.07, 6.45) is 0. The van der Waals surface area contributed by atoms with Gasteiger partial charge in [-0.1, -0.05) is 59.7 Å². The monoisotopic (exact) mass is 444 g/mol. The molecule has 0 N–H and O–H groups in total. The molecule has 166 valence electrons. The maximum Gasteiger partial charge on any atom is 0.282 e. The van der Waals surface area contributed by atoms with Crippen LogP contribution in [0.15, 0.2) is 82.4 Å². The molecule has 34 heavy (non-hydrogen) atoms. The number of aryl methyl sites for hydroxylation is 4. The summed E-state index contributed by atoms with van der Waals surface area (Å²) in [6.45, 7) is 8.26. The molecular formula is C30H24N2O2. The van der Waals surface area contributed by atoms with Crippen LogP contribution in [0.2, 0.25) is 0 Å². The first-order valence-electron chi connectivity index (χ1n) is 11.5. The summed E-state index contributed by atoms with van der Waals surface area (Å²) in [6, 6.07) is 24.4. The molecule has 6 aromatic rings. The second-order valence-electron chi connectivity index (χ2n) is 9.33. The normalized spacial score (nSPS) is 11.8. The van der Waals surface area contributed by atoms with Crippen molar-refractivity contribution in [2.24, 2.45) is 0 Å². The van der Waals surface area contributed by atoms with E-state index in [4.69, 9.17) is 0 Å². The molecule has 0 aliphatic rings. The van der Waals surface area contributed by atoms with Gasteiger partial charge in [0.05, 0.1) is 21.8 Å². The van der Waals surface area contributed by atoms with E-state index in [1.165, 1.54) is 15.6 Å². The van der Waals surface area contributed by atoms with E-state index in [-0.39, 0.29) is 11.1 Å². The van der Waals surface area contributed by atoms with E-state index in [0.29, 0.717) is 10.8 Å². The molecule has 0 aliphatic heterocycles. The van der Waals surface area contributed by atoms with Crippen molar-refractivity contribution in [3.8, 4) is 22.3 Å². The van der Waals surface area contributed by atoms with E-state index in [0.717, 1.165) is 44.4 Å². The van der Waals surface area contributed by atoms with Gasteiger partial charge in [-0.15, -0.1) is 0 Å². The molecule has 4 heteroatoms. The number of nitrogens with zero attached hydrogens (tertiary/aromatic N) is 2. The Morgan fingerprint density at radius 2 is 0.941 bits per heavy atom. The maximum atomic E-state index is 13.4. The molecule has 0 fully saturated rings. The molecule has 0 spiro atoms. The summed E-state index contributed by atoms with van der Waals surface area (Å²) < 4.78 is 3.03. The third-order valence-electron chi connectivity index (χ3n) is 6.90. The van der Waals surface area contributed by atoms with Crippen molar-refractivity contribution in [2.75, 3.05) is 0 Å². The molecule has 0 aliphatic carbocycles. The zero-order valence-electron chi connectivity index (χ0n) is 19.6. The van der Waals surface area contributed by atoms with Crippen molar-refractivity contribution in [1.29, 1.82) is 0 Å². The highest BCUT2D eigenvalue weighted by atomic mass is 16.2. The van der Waals surface area contributed by atoms with E-state index in [2.05, 4.69) is 64.1 Å². The van der Waals surface area contributed by atoms with Crippen LogP contribution in [0.5, 0.6) is 0 Å². The molecule has 0 saturated heterocycles. The highest BCUT2D eigenvalue weighted by molar-refractivity contribution is 5.92. The fraction of sp³-hybridized carbons (Fsp3) is 0.133. The highest BCUT2D eigenvalue weighted by Crippen LogP contribution is 2.30. The maximum absolute atomic E-state index is 13.4. The van der Waals surface area contributed by atoms with Crippen LogP contribution in [-0.4, -0.2) is 9.03 Å². The zero-order valence-corrected chi connectivity index (χ0v) is 19.6. The fourth-order valence-corrected chi connectivity index (χ4v) is 5.06. The third-order valence-corrected chi connectivity index (χ3v) is 6.90. The molecule has 2 aromatic heterocycles. The third kappa shape index (κ3) is 2.85. The topological polar surface area (TPSA) is 43.0 Å². The molecule has 0 saturated carbocycles. The van der Waals surface area contributed by atoms with Crippen molar-refractivity contribution >= 4 is 21.8 Å². The molecule has 2 heterocycles. The predicted octanol–water partition coefficient (Wildman–Crippen LogP) is 6.07. The van der Waals surface area contributed by atoms with Crippen LogP contribution in [0, 0.1) is 27.7 Å². The minimum Gasteiger partial charge on any atom is -0.267 e. The van der Waals surface area contributed by atoms with Crippen molar-refractivity contribution < 1.29 is 0 Å². The first-order chi connectivity index (χ1) is 16.3. The zero-order chi connectivity index (χ0) is 23.7. The van der Waals surface area contributed by atoms with Gasteiger partial charge in [0.25, 0.3) is 11.1 Å². The molecule has 4 nitrogen and oxygen atoms in total. The van der Waals surface area contributed by atoms with E-state index < -0.39 is 0 Å². The second-order valence-corrected chi connectivity index (χ2v) is 9.33. The van der Waals surface area contributed by atoms with Crippen molar-refractivity contribution in [1.82, 2.24) is 9.03 Å². The molecule has 0 amide bonds. The molecule has 6 rings (SSSR count). The largest absolute Gasteiger partial charge is 0.282 e. The smallest absolute Gasteiger partial charge is 0.267 e. The Labute approximate surface area is 196 Å². The molecule has 4 aromatic carbocycles. The number of rotatable bonds is 2. The lowest BCUT2D eigenvalue weighted by Crippen LogP contribution is -2.21. The van der Waals surface area contributed by atoms with E-state index in [1.54, 1.807) is 4.52 Å². The number of benzene rings is 4. The van der Waals surface area contributed by atoms with Gasteiger partial charge in [-0.25, -0.2) is 4.52 Å². The van der Waals surface area contributed by atoms with Crippen molar-refractivity contribution in [3.63, 3.8) is 0 Å². The van der Waals surface area contributed by atoms with Crippen molar-refractivity contribution in [2.45, 2.75) is 27.7 Å². The second kappa shape index (κ2) is 7.16. The summed E-state index contributed by atoms with van der Waals surface area (Å²) in [4.78, 5) is 26.8. The lowest BCUT2D eigenvalue weighted by atomic mass is 9.97. The van der Waals surface area contributed by atoms with Gasteiger partial charge in [0.2, 0.25) is 0 Å². The van der Waals surface area contributed by atoms with Gasteiger partial charge in [0.15, 0.2) is 0 Å². The van der Waals surface area contributed by atoms with Gasteiger partial charge in [-0.05, 0) is 85.3 Å². The average Bonchev–Trinajstić information content (AvgIpc) is 3.29. The minimum atomic E-state index is -0.281. The first-order valence-corrected chi connectivity index (χ1v) is 11.5. The van der Waals surface area contributed by atoms with Crippen LogP contribution in [0.4, 0.5) is 0 Å². The Balaban J connectivity index is 1.62. The van der Waals surface area contributed by atoms with Crippen LogP contribution < -0.4 is 11.1 Å². The summed E-state index contributed by atoms with van der Waals surface area (Å²) in [7, 11) is 0. The molecule has 0 radical (unpaired) electrons. The highest BCUT2D eigenvalue weighted by Gasteiger charge is 2.19. The van der Waals surface area contributed by atoms with Gasteiger partial charge in [-0.2, -0.15) is 4.52 Å². The molecule has 0 unspecified atom stereocenters. The Kier molecular flexibility index (Phi) is 4.30. The van der Waals surface area contributed by atoms with Crippen LogP contribution in [0.3, 0.4) is 0 Å². The molecule has 0 bridgehead atoms. The molecular weight excluding hydrogens is 420 g/mol. The van der Waals surface area contributed by atoms with Gasteiger partial charge < -0.3 is 0 Å². The number of aromatic nitrogens is 2. The fourth-order valence-electron chi connectivity index (χ4n) is 5.06. The Hall–Kier alpha value is -4.18. The lowest BCUT2D eigenvalue weighted by Gasteiger charge is -2.08. The van der Waals surface area contributed by atoms with Crippen LogP contribution >= 0.6 is 0 Å². The number of hydrogen-bond acceptors (Lipinski definition) is 2. The van der Waals surface area contributed by atoms with Crippen LogP contribution in [0.1, 0.15) is 22.3 Å². The summed E-state index contributed by atoms with van der Waals surface area (Å²) >= 11 is 0. The Morgan fingerprint density at radius 3 is 1.38 bits per heavy atom. The summed E-state index contributed by atoms with van der Waals surface area (Å²) in [5.74, 6) is 0. The van der Waals surface area contributed by atoms with Crippen LogP contribution in [0.25, 0.3) is 44.1 Å². The van der Waals surface area contributed by atoms with E-state index >= 15 is 0 Å².